The maximum absolute atomic E-state index is 13.2. The summed E-state index contributed by atoms with van der Waals surface area (Å²) in [7, 11) is 0. The Bertz CT molecular complexity index is 359. The van der Waals surface area contributed by atoms with Crippen molar-refractivity contribution in [1.82, 2.24) is 5.32 Å². The van der Waals surface area contributed by atoms with E-state index in [1.54, 1.807) is 6.07 Å². The van der Waals surface area contributed by atoms with Gasteiger partial charge in [-0.1, -0.05) is 11.6 Å². The highest BCUT2D eigenvalue weighted by atomic mass is 35.5. The van der Waals surface area contributed by atoms with Crippen LogP contribution in [0.1, 0.15) is 17.5 Å². The predicted molar refractivity (Wildman–Crippen MR) is 60.8 cm³/mol. The summed E-state index contributed by atoms with van der Waals surface area (Å²) < 4.78 is 13.2. The summed E-state index contributed by atoms with van der Waals surface area (Å²) in [5, 5.41) is 3.85. The second kappa shape index (κ2) is 4.50. The van der Waals surface area contributed by atoms with Crippen LogP contribution < -0.4 is 5.32 Å². The zero-order valence-corrected chi connectivity index (χ0v) is 9.57. The minimum absolute atomic E-state index is 0.230. The quantitative estimate of drug-likeness (QED) is 0.819. The van der Waals surface area contributed by atoms with E-state index < -0.39 is 0 Å². The molecule has 1 aromatic rings. The average molecular weight is 228 g/mol. The van der Waals surface area contributed by atoms with E-state index in [1.807, 2.05) is 6.92 Å². The van der Waals surface area contributed by atoms with Gasteiger partial charge in [0.1, 0.15) is 5.82 Å². The molecule has 1 atom stereocenters. The molecule has 82 valence electrons. The lowest BCUT2D eigenvalue weighted by Gasteiger charge is -2.12. The van der Waals surface area contributed by atoms with Crippen molar-refractivity contribution < 1.29 is 4.39 Å². The normalized spacial score (nSPS) is 20.9. The fourth-order valence-electron chi connectivity index (χ4n) is 2.11. The highest BCUT2D eigenvalue weighted by Crippen LogP contribution is 2.24. The summed E-state index contributed by atoms with van der Waals surface area (Å²) in [6.45, 7) is 4.07. The molecule has 2 rings (SSSR count). The first kappa shape index (κ1) is 10.9. The number of benzene rings is 1. The van der Waals surface area contributed by atoms with Crippen LogP contribution in [0.15, 0.2) is 12.1 Å². The zero-order valence-electron chi connectivity index (χ0n) is 8.82. The highest BCUT2D eigenvalue weighted by molar-refractivity contribution is 6.31. The smallest absolute Gasteiger partial charge is 0.124 e. The molecule has 1 aromatic carbocycles. The minimum Gasteiger partial charge on any atom is -0.316 e. The van der Waals surface area contributed by atoms with Crippen molar-refractivity contribution in [3.63, 3.8) is 0 Å². The Morgan fingerprint density at radius 3 is 3.00 bits per heavy atom. The highest BCUT2D eigenvalue weighted by Gasteiger charge is 2.17. The molecule has 1 aliphatic rings. The Hall–Kier alpha value is -0.600. The van der Waals surface area contributed by atoms with Crippen LogP contribution in [0.2, 0.25) is 5.02 Å². The third kappa shape index (κ3) is 2.50. The molecule has 1 fully saturated rings. The van der Waals surface area contributed by atoms with Gasteiger partial charge >= 0.3 is 0 Å². The number of hydrogen-bond acceptors (Lipinski definition) is 1. The Balaban J connectivity index is 2.19. The van der Waals surface area contributed by atoms with Gasteiger partial charge < -0.3 is 5.32 Å². The zero-order chi connectivity index (χ0) is 10.8. The van der Waals surface area contributed by atoms with Gasteiger partial charge in [-0.25, -0.2) is 4.39 Å². The lowest BCUT2D eigenvalue weighted by atomic mass is 9.95. The van der Waals surface area contributed by atoms with Gasteiger partial charge in [-0.3, -0.25) is 0 Å². The molecule has 1 nitrogen and oxygen atoms in total. The molecular weight excluding hydrogens is 213 g/mol. The van der Waals surface area contributed by atoms with E-state index in [-0.39, 0.29) is 5.82 Å². The Morgan fingerprint density at radius 1 is 1.53 bits per heavy atom. The predicted octanol–water partition coefficient (Wildman–Crippen LogP) is 2.94. The number of nitrogens with one attached hydrogen (secondary N) is 1. The van der Waals surface area contributed by atoms with Gasteiger partial charge in [0.05, 0.1) is 0 Å². The van der Waals surface area contributed by atoms with Crippen LogP contribution in [-0.2, 0) is 6.42 Å². The van der Waals surface area contributed by atoms with E-state index in [0.29, 0.717) is 10.9 Å². The number of hydrogen-bond donors (Lipinski definition) is 1. The van der Waals surface area contributed by atoms with Crippen molar-refractivity contribution in [3.8, 4) is 0 Å². The third-order valence-electron chi connectivity index (χ3n) is 3.09. The molecule has 0 radical (unpaired) electrons. The monoisotopic (exact) mass is 227 g/mol. The summed E-state index contributed by atoms with van der Waals surface area (Å²) in [6, 6.07) is 2.99. The van der Waals surface area contributed by atoms with E-state index in [0.717, 1.165) is 30.6 Å². The van der Waals surface area contributed by atoms with E-state index in [2.05, 4.69) is 5.32 Å². The fraction of sp³-hybridized carbons (Fsp3) is 0.500. The second-order valence-electron chi connectivity index (χ2n) is 4.23. The van der Waals surface area contributed by atoms with Gasteiger partial charge in [-0.05, 0) is 62.0 Å². The van der Waals surface area contributed by atoms with Crippen molar-refractivity contribution in [2.24, 2.45) is 5.92 Å². The molecule has 3 heteroatoms. The van der Waals surface area contributed by atoms with Crippen molar-refractivity contribution in [2.45, 2.75) is 19.8 Å². The van der Waals surface area contributed by atoms with Gasteiger partial charge in [0, 0.05) is 5.02 Å². The van der Waals surface area contributed by atoms with Crippen LogP contribution in [0.5, 0.6) is 0 Å². The molecule has 0 aromatic heterocycles. The molecule has 0 bridgehead atoms. The molecule has 0 saturated carbocycles. The summed E-state index contributed by atoms with van der Waals surface area (Å²) in [5.41, 5.74) is 2.07. The molecule has 1 saturated heterocycles. The van der Waals surface area contributed by atoms with Crippen molar-refractivity contribution in [2.75, 3.05) is 13.1 Å². The lowest BCUT2D eigenvalue weighted by molar-refractivity contribution is 0.571. The van der Waals surface area contributed by atoms with Crippen LogP contribution in [0.3, 0.4) is 0 Å². The van der Waals surface area contributed by atoms with Crippen LogP contribution in [0, 0.1) is 18.7 Å². The number of halogens is 2. The van der Waals surface area contributed by atoms with Gasteiger partial charge in [-0.2, -0.15) is 0 Å². The van der Waals surface area contributed by atoms with Crippen LogP contribution in [-0.4, -0.2) is 13.1 Å². The SMILES string of the molecule is Cc1c(Cl)cc(F)cc1CC1CCNC1. The van der Waals surface area contributed by atoms with E-state index in [4.69, 9.17) is 11.6 Å². The lowest BCUT2D eigenvalue weighted by Crippen LogP contribution is -2.11. The third-order valence-corrected chi connectivity index (χ3v) is 3.48. The summed E-state index contributed by atoms with van der Waals surface area (Å²) in [6.07, 6.45) is 2.10. The maximum atomic E-state index is 13.2. The average Bonchev–Trinajstić information content (AvgIpc) is 2.66. The Kier molecular flexibility index (Phi) is 3.27. The van der Waals surface area contributed by atoms with Gasteiger partial charge in [0.2, 0.25) is 0 Å². The van der Waals surface area contributed by atoms with Crippen molar-refractivity contribution >= 4 is 11.6 Å². The molecule has 0 aliphatic carbocycles. The van der Waals surface area contributed by atoms with Crippen LogP contribution in [0.25, 0.3) is 0 Å². The molecule has 1 heterocycles. The van der Waals surface area contributed by atoms with Gasteiger partial charge in [-0.15, -0.1) is 0 Å². The van der Waals surface area contributed by atoms with Crippen molar-refractivity contribution in [1.29, 1.82) is 0 Å². The molecule has 1 N–H and O–H groups in total. The van der Waals surface area contributed by atoms with Gasteiger partial charge in [0.25, 0.3) is 0 Å². The van der Waals surface area contributed by atoms with E-state index in [9.17, 15) is 4.39 Å². The maximum Gasteiger partial charge on any atom is 0.124 e. The molecule has 1 unspecified atom stereocenters. The first-order valence-electron chi connectivity index (χ1n) is 5.32. The topological polar surface area (TPSA) is 12.0 Å². The minimum atomic E-state index is -0.230. The first-order chi connectivity index (χ1) is 7.16. The van der Waals surface area contributed by atoms with E-state index in [1.165, 1.54) is 12.5 Å². The molecule has 0 amide bonds. The summed E-state index contributed by atoms with van der Waals surface area (Å²) >= 11 is 5.95. The van der Waals surface area contributed by atoms with Crippen LogP contribution >= 0.6 is 11.6 Å². The molecule has 1 aliphatic heterocycles. The Morgan fingerprint density at radius 2 is 2.33 bits per heavy atom. The molecular formula is C12H15ClFN. The van der Waals surface area contributed by atoms with Crippen molar-refractivity contribution in [3.05, 3.63) is 34.1 Å². The van der Waals surface area contributed by atoms with Crippen LogP contribution in [0.4, 0.5) is 4.39 Å². The largest absolute Gasteiger partial charge is 0.316 e. The second-order valence-corrected chi connectivity index (χ2v) is 4.64. The van der Waals surface area contributed by atoms with E-state index >= 15 is 0 Å². The molecule has 15 heavy (non-hydrogen) atoms. The summed E-state index contributed by atoms with van der Waals surface area (Å²) in [4.78, 5) is 0. The van der Waals surface area contributed by atoms with Gasteiger partial charge in [0.15, 0.2) is 0 Å². The fourth-order valence-corrected chi connectivity index (χ4v) is 2.34. The first-order valence-corrected chi connectivity index (χ1v) is 5.70. The Labute approximate surface area is 94.6 Å². The molecule has 0 spiro atoms. The number of rotatable bonds is 2. The summed E-state index contributed by atoms with van der Waals surface area (Å²) in [5.74, 6) is 0.396. The standard InChI is InChI=1S/C12H15ClFN/c1-8-10(4-9-2-3-15-7-9)5-11(14)6-12(8)13/h5-6,9,15H,2-4,7H2,1H3.